The van der Waals surface area contributed by atoms with E-state index in [2.05, 4.69) is 10.6 Å². The molecule has 0 fully saturated rings. The van der Waals surface area contributed by atoms with Gasteiger partial charge in [0.2, 0.25) is 0 Å². The average Bonchev–Trinajstić information content (AvgIpc) is 3.35. The van der Waals surface area contributed by atoms with Crippen molar-refractivity contribution in [2.75, 3.05) is 0 Å². The first kappa shape index (κ1) is 24.5. The number of rotatable bonds is 10. The molecule has 2 N–H and O–H groups in total. The Balaban J connectivity index is 1.75. The SMILES string of the molecule is CC(C)C[C@@H](NC(=O)/C(=C\c1ccco1)NC(=O)c1ccccc1)C(=O)OCc1ccccc1. The topological polar surface area (TPSA) is 97.6 Å². The Morgan fingerprint density at radius 1 is 0.941 bits per heavy atom. The summed E-state index contributed by atoms with van der Waals surface area (Å²) in [6.07, 6.45) is 3.25. The Morgan fingerprint density at radius 2 is 1.62 bits per heavy atom. The van der Waals surface area contributed by atoms with Crippen LogP contribution in [0.1, 0.15) is 41.9 Å². The first-order chi connectivity index (χ1) is 16.4. The quantitative estimate of drug-likeness (QED) is 0.347. The molecule has 34 heavy (non-hydrogen) atoms. The minimum Gasteiger partial charge on any atom is -0.465 e. The number of esters is 1. The molecule has 176 valence electrons. The maximum atomic E-state index is 13.2. The molecule has 0 aliphatic rings. The highest BCUT2D eigenvalue weighted by Crippen LogP contribution is 2.12. The molecule has 2 amide bonds. The van der Waals surface area contributed by atoms with Crippen LogP contribution in [0.4, 0.5) is 0 Å². The summed E-state index contributed by atoms with van der Waals surface area (Å²) in [5.74, 6) is -1.13. The van der Waals surface area contributed by atoms with Gasteiger partial charge in [0, 0.05) is 11.6 Å². The van der Waals surface area contributed by atoms with Crippen LogP contribution in [-0.4, -0.2) is 23.8 Å². The van der Waals surface area contributed by atoms with Gasteiger partial charge in [-0.05, 0) is 42.2 Å². The molecule has 0 saturated heterocycles. The van der Waals surface area contributed by atoms with Crippen LogP contribution in [0, 0.1) is 5.92 Å². The predicted molar refractivity (Wildman–Crippen MR) is 128 cm³/mol. The van der Waals surface area contributed by atoms with E-state index in [9.17, 15) is 14.4 Å². The Bertz CT molecular complexity index is 1110. The third-order valence-electron chi connectivity index (χ3n) is 4.88. The summed E-state index contributed by atoms with van der Waals surface area (Å²) in [5.41, 5.74) is 1.19. The lowest BCUT2D eigenvalue weighted by Gasteiger charge is -2.20. The fourth-order valence-electron chi connectivity index (χ4n) is 3.21. The molecule has 2 aromatic carbocycles. The first-order valence-corrected chi connectivity index (χ1v) is 11.1. The van der Waals surface area contributed by atoms with Gasteiger partial charge in [-0.2, -0.15) is 0 Å². The van der Waals surface area contributed by atoms with E-state index < -0.39 is 23.8 Å². The second-order valence-corrected chi connectivity index (χ2v) is 8.14. The maximum absolute atomic E-state index is 13.2. The highest BCUT2D eigenvalue weighted by molar-refractivity contribution is 6.06. The first-order valence-electron chi connectivity index (χ1n) is 11.1. The third kappa shape index (κ3) is 7.48. The summed E-state index contributed by atoms with van der Waals surface area (Å²) >= 11 is 0. The number of ether oxygens (including phenoxy) is 1. The van der Waals surface area contributed by atoms with Gasteiger partial charge in [-0.1, -0.05) is 62.4 Å². The van der Waals surface area contributed by atoms with Crippen molar-refractivity contribution in [3.63, 3.8) is 0 Å². The van der Waals surface area contributed by atoms with Crippen LogP contribution in [0.25, 0.3) is 6.08 Å². The summed E-state index contributed by atoms with van der Waals surface area (Å²) in [6, 6.07) is 20.3. The van der Waals surface area contributed by atoms with Crippen LogP contribution < -0.4 is 10.6 Å². The fraction of sp³-hybridized carbons (Fsp3) is 0.222. The highest BCUT2D eigenvalue weighted by atomic mass is 16.5. The maximum Gasteiger partial charge on any atom is 0.328 e. The van der Waals surface area contributed by atoms with Crippen molar-refractivity contribution in [2.24, 2.45) is 5.92 Å². The smallest absolute Gasteiger partial charge is 0.328 e. The molecule has 1 heterocycles. The lowest BCUT2D eigenvalue weighted by atomic mass is 10.0. The van der Waals surface area contributed by atoms with Crippen molar-refractivity contribution in [2.45, 2.75) is 32.9 Å². The van der Waals surface area contributed by atoms with Crippen LogP contribution in [0.5, 0.6) is 0 Å². The van der Waals surface area contributed by atoms with E-state index in [-0.39, 0.29) is 18.2 Å². The molecule has 7 heteroatoms. The Hall–Kier alpha value is -4.13. The molecular formula is C27H28N2O5. The molecular weight excluding hydrogens is 432 g/mol. The largest absolute Gasteiger partial charge is 0.465 e. The van der Waals surface area contributed by atoms with Gasteiger partial charge in [0.1, 0.15) is 24.1 Å². The third-order valence-corrected chi connectivity index (χ3v) is 4.88. The monoisotopic (exact) mass is 460 g/mol. The molecule has 0 radical (unpaired) electrons. The standard InChI is InChI=1S/C27H28N2O5/c1-19(2)16-24(27(32)34-18-20-10-5-3-6-11-20)29-26(31)23(17-22-14-9-15-33-22)28-25(30)21-12-7-4-8-13-21/h3-15,17,19,24H,16,18H2,1-2H3,(H,28,30)(H,29,31)/b23-17+/t24-/m1/s1. The van der Waals surface area contributed by atoms with Gasteiger partial charge in [-0.3, -0.25) is 9.59 Å². The van der Waals surface area contributed by atoms with E-state index in [1.165, 1.54) is 12.3 Å². The molecule has 7 nitrogen and oxygen atoms in total. The number of hydrogen-bond acceptors (Lipinski definition) is 5. The molecule has 0 aliphatic carbocycles. The van der Waals surface area contributed by atoms with Crippen molar-refractivity contribution in [3.05, 3.63) is 102 Å². The van der Waals surface area contributed by atoms with Crippen LogP contribution >= 0.6 is 0 Å². The molecule has 3 rings (SSSR count). The van der Waals surface area contributed by atoms with Gasteiger partial charge >= 0.3 is 5.97 Å². The average molecular weight is 461 g/mol. The van der Waals surface area contributed by atoms with E-state index in [1.807, 2.05) is 44.2 Å². The van der Waals surface area contributed by atoms with Crippen molar-refractivity contribution in [3.8, 4) is 0 Å². The molecule has 3 aromatic rings. The van der Waals surface area contributed by atoms with Gasteiger partial charge < -0.3 is 19.8 Å². The molecule has 0 spiro atoms. The lowest BCUT2D eigenvalue weighted by molar-refractivity contribution is -0.149. The second kappa shape index (κ2) is 12.2. The van der Waals surface area contributed by atoms with Crippen molar-refractivity contribution < 1.29 is 23.5 Å². The van der Waals surface area contributed by atoms with Crippen molar-refractivity contribution in [1.82, 2.24) is 10.6 Å². The van der Waals surface area contributed by atoms with Gasteiger partial charge in [-0.25, -0.2) is 4.79 Å². The van der Waals surface area contributed by atoms with E-state index in [0.717, 1.165) is 5.56 Å². The zero-order valence-electron chi connectivity index (χ0n) is 19.2. The zero-order chi connectivity index (χ0) is 24.3. The molecule has 1 atom stereocenters. The van der Waals surface area contributed by atoms with Crippen molar-refractivity contribution >= 4 is 23.9 Å². The lowest BCUT2D eigenvalue weighted by Crippen LogP contribution is -2.45. The van der Waals surface area contributed by atoms with Gasteiger partial charge in [0.15, 0.2) is 0 Å². The predicted octanol–water partition coefficient (Wildman–Crippen LogP) is 4.32. The minimum atomic E-state index is -0.884. The molecule has 0 unspecified atom stereocenters. The Morgan fingerprint density at radius 3 is 2.24 bits per heavy atom. The van der Waals surface area contributed by atoms with Gasteiger partial charge in [0.05, 0.1) is 6.26 Å². The summed E-state index contributed by atoms with van der Waals surface area (Å²) in [4.78, 5) is 38.7. The number of carbonyl (C=O) groups is 3. The molecule has 1 aromatic heterocycles. The van der Waals surface area contributed by atoms with Crippen molar-refractivity contribution in [1.29, 1.82) is 0 Å². The van der Waals surface area contributed by atoms with E-state index in [0.29, 0.717) is 17.7 Å². The summed E-state index contributed by atoms with van der Waals surface area (Å²) in [6.45, 7) is 3.99. The Kier molecular flexibility index (Phi) is 8.80. The van der Waals surface area contributed by atoms with Gasteiger partial charge in [-0.15, -0.1) is 0 Å². The van der Waals surface area contributed by atoms with Crippen LogP contribution in [-0.2, 0) is 20.9 Å². The number of benzene rings is 2. The number of carbonyl (C=O) groups excluding carboxylic acids is 3. The van der Waals surface area contributed by atoms with E-state index in [4.69, 9.17) is 9.15 Å². The van der Waals surface area contributed by atoms with E-state index in [1.54, 1.807) is 42.5 Å². The van der Waals surface area contributed by atoms with Crippen LogP contribution in [0.15, 0.2) is 89.2 Å². The summed E-state index contributed by atoms with van der Waals surface area (Å²) < 4.78 is 10.8. The number of furan rings is 1. The summed E-state index contributed by atoms with van der Waals surface area (Å²) in [5, 5.41) is 5.34. The Labute approximate surface area is 198 Å². The highest BCUT2D eigenvalue weighted by Gasteiger charge is 2.26. The number of amides is 2. The van der Waals surface area contributed by atoms with Crippen LogP contribution in [0.3, 0.4) is 0 Å². The summed E-state index contributed by atoms with van der Waals surface area (Å²) in [7, 11) is 0. The zero-order valence-corrected chi connectivity index (χ0v) is 19.2. The molecule has 0 aliphatic heterocycles. The molecule has 0 bridgehead atoms. The normalized spacial score (nSPS) is 12.1. The number of nitrogens with one attached hydrogen (secondary N) is 2. The van der Waals surface area contributed by atoms with Crippen LogP contribution in [0.2, 0.25) is 0 Å². The van der Waals surface area contributed by atoms with E-state index >= 15 is 0 Å². The number of hydrogen-bond donors (Lipinski definition) is 2. The van der Waals surface area contributed by atoms with Gasteiger partial charge in [0.25, 0.3) is 11.8 Å². The fourth-order valence-corrected chi connectivity index (χ4v) is 3.21. The minimum absolute atomic E-state index is 0.0478. The molecule has 0 saturated carbocycles. The second-order valence-electron chi connectivity index (χ2n) is 8.14.